The Morgan fingerprint density at radius 3 is 3.06 bits per heavy atom. The number of hydrogen-bond acceptors (Lipinski definition) is 4. The Morgan fingerprint density at radius 2 is 2.28 bits per heavy atom. The van der Waals surface area contributed by atoms with Gasteiger partial charge in [0.2, 0.25) is 0 Å². The molecule has 0 aliphatic carbocycles. The number of hydrogen-bond donors (Lipinski definition) is 2. The highest BCUT2D eigenvalue weighted by Crippen LogP contribution is 2.35. The fourth-order valence-electron chi connectivity index (χ4n) is 2.54. The number of nitrogens with two attached hydrogens (primary N) is 1. The smallest absolute Gasteiger partial charge is 0.0702 e. The van der Waals surface area contributed by atoms with Gasteiger partial charge in [-0.3, -0.25) is 16.3 Å². The van der Waals surface area contributed by atoms with Crippen LogP contribution in [0.4, 0.5) is 0 Å². The van der Waals surface area contributed by atoms with E-state index in [0.717, 1.165) is 5.52 Å². The Bertz CT molecular complexity index is 537. The summed E-state index contributed by atoms with van der Waals surface area (Å²) in [4.78, 5) is 4.52. The van der Waals surface area contributed by atoms with Crippen LogP contribution in [0.25, 0.3) is 10.9 Å². The van der Waals surface area contributed by atoms with E-state index in [1.54, 1.807) is 0 Å². The average molecular weight is 259 g/mol. The molecule has 2 unspecified atom stereocenters. The van der Waals surface area contributed by atoms with Crippen molar-refractivity contribution >= 4 is 22.7 Å². The van der Waals surface area contributed by atoms with E-state index in [9.17, 15) is 0 Å². The lowest BCUT2D eigenvalue weighted by Gasteiger charge is -2.22. The minimum Gasteiger partial charge on any atom is -0.271 e. The SMILES string of the molecule is NNC(c1cnc2ccccc2c1)C1CCCS1. The summed E-state index contributed by atoms with van der Waals surface area (Å²) in [6.07, 6.45) is 4.46. The van der Waals surface area contributed by atoms with Crippen LogP contribution in [0.1, 0.15) is 24.4 Å². The minimum atomic E-state index is 0.203. The summed E-state index contributed by atoms with van der Waals surface area (Å²) < 4.78 is 0. The molecule has 2 atom stereocenters. The van der Waals surface area contributed by atoms with Crippen molar-refractivity contribution in [1.82, 2.24) is 10.4 Å². The van der Waals surface area contributed by atoms with Crippen LogP contribution in [0.3, 0.4) is 0 Å². The predicted molar refractivity (Wildman–Crippen MR) is 77.3 cm³/mol. The van der Waals surface area contributed by atoms with Gasteiger partial charge in [-0.15, -0.1) is 0 Å². The summed E-state index contributed by atoms with van der Waals surface area (Å²) in [6, 6.07) is 10.6. The van der Waals surface area contributed by atoms with E-state index in [4.69, 9.17) is 5.84 Å². The van der Waals surface area contributed by atoms with E-state index >= 15 is 0 Å². The molecule has 0 amide bonds. The highest BCUT2D eigenvalue weighted by Gasteiger charge is 2.26. The van der Waals surface area contributed by atoms with Crippen LogP contribution in [0.2, 0.25) is 0 Å². The summed E-state index contributed by atoms with van der Waals surface area (Å²) in [5.41, 5.74) is 5.19. The topological polar surface area (TPSA) is 50.9 Å². The zero-order valence-electron chi connectivity index (χ0n) is 10.2. The van der Waals surface area contributed by atoms with Crippen LogP contribution in [-0.4, -0.2) is 16.0 Å². The second kappa shape index (κ2) is 5.26. The number of rotatable bonds is 3. The third-order valence-electron chi connectivity index (χ3n) is 3.49. The lowest BCUT2D eigenvalue weighted by Crippen LogP contribution is -2.34. The Hall–Kier alpha value is -1.10. The number of benzene rings is 1. The monoisotopic (exact) mass is 259 g/mol. The lowest BCUT2D eigenvalue weighted by atomic mass is 10.0. The van der Waals surface area contributed by atoms with Crippen molar-refractivity contribution in [2.24, 2.45) is 5.84 Å². The molecule has 1 saturated heterocycles. The predicted octanol–water partition coefficient (Wildman–Crippen LogP) is 2.63. The molecular weight excluding hydrogens is 242 g/mol. The standard InChI is InChI=1S/C14H17N3S/c15-17-14(13-6-3-7-18-13)11-8-10-4-1-2-5-12(10)16-9-11/h1-2,4-5,8-9,13-14,17H,3,6-7,15H2. The molecule has 1 aliphatic heterocycles. The number of nitrogens with zero attached hydrogens (tertiary/aromatic N) is 1. The first-order valence-electron chi connectivity index (χ1n) is 6.31. The summed E-state index contributed by atoms with van der Waals surface area (Å²) in [5.74, 6) is 6.98. The lowest BCUT2D eigenvalue weighted by molar-refractivity contribution is 0.519. The molecule has 4 heteroatoms. The van der Waals surface area contributed by atoms with Crippen molar-refractivity contribution in [2.75, 3.05) is 5.75 Å². The van der Waals surface area contributed by atoms with Crippen LogP contribution in [0, 0.1) is 0 Å². The van der Waals surface area contributed by atoms with Gasteiger partial charge in [-0.25, -0.2) is 0 Å². The first kappa shape index (κ1) is 12.0. The normalized spacial score (nSPS) is 21.3. The first-order valence-corrected chi connectivity index (χ1v) is 7.36. The zero-order valence-corrected chi connectivity index (χ0v) is 11.0. The van der Waals surface area contributed by atoms with Crippen molar-refractivity contribution in [3.8, 4) is 0 Å². The van der Waals surface area contributed by atoms with Gasteiger partial charge in [0, 0.05) is 16.8 Å². The molecule has 2 heterocycles. The maximum atomic E-state index is 5.74. The number of aromatic nitrogens is 1. The van der Waals surface area contributed by atoms with Crippen LogP contribution in [0.15, 0.2) is 36.5 Å². The van der Waals surface area contributed by atoms with Crippen molar-refractivity contribution < 1.29 is 0 Å². The third-order valence-corrected chi connectivity index (χ3v) is 4.95. The van der Waals surface area contributed by atoms with Crippen molar-refractivity contribution in [3.63, 3.8) is 0 Å². The molecule has 0 bridgehead atoms. The summed E-state index contributed by atoms with van der Waals surface area (Å²) >= 11 is 2.01. The van der Waals surface area contributed by atoms with Gasteiger partial charge < -0.3 is 0 Å². The van der Waals surface area contributed by atoms with Gasteiger partial charge in [0.05, 0.1) is 11.6 Å². The molecule has 0 radical (unpaired) electrons. The second-order valence-electron chi connectivity index (χ2n) is 4.66. The first-order chi connectivity index (χ1) is 8.88. The average Bonchev–Trinajstić information content (AvgIpc) is 2.93. The van der Waals surface area contributed by atoms with Crippen LogP contribution >= 0.6 is 11.8 Å². The van der Waals surface area contributed by atoms with E-state index in [-0.39, 0.29) is 6.04 Å². The fourth-order valence-corrected chi connectivity index (χ4v) is 3.94. The Balaban J connectivity index is 1.96. The van der Waals surface area contributed by atoms with E-state index < -0.39 is 0 Å². The molecular formula is C14H17N3S. The number of pyridine rings is 1. The van der Waals surface area contributed by atoms with Crippen LogP contribution in [0.5, 0.6) is 0 Å². The zero-order chi connectivity index (χ0) is 12.4. The maximum Gasteiger partial charge on any atom is 0.0702 e. The van der Waals surface area contributed by atoms with Crippen molar-refractivity contribution in [1.29, 1.82) is 0 Å². The fraction of sp³-hybridized carbons (Fsp3) is 0.357. The van der Waals surface area contributed by atoms with Crippen LogP contribution in [-0.2, 0) is 0 Å². The molecule has 1 aromatic carbocycles. The Labute approximate surface area is 111 Å². The molecule has 1 aromatic heterocycles. The van der Waals surface area contributed by atoms with Crippen LogP contribution < -0.4 is 11.3 Å². The molecule has 94 valence electrons. The van der Waals surface area contributed by atoms with Gasteiger partial charge in [-0.2, -0.15) is 11.8 Å². The third kappa shape index (κ3) is 2.23. The molecule has 3 rings (SSSR count). The van der Waals surface area contributed by atoms with E-state index in [0.29, 0.717) is 5.25 Å². The summed E-state index contributed by atoms with van der Waals surface area (Å²) in [5, 5.41) is 1.75. The second-order valence-corrected chi connectivity index (χ2v) is 6.00. The van der Waals surface area contributed by atoms with Gasteiger partial charge in [-0.1, -0.05) is 18.2 Å². The summed E-state index contributed by atoms with van der Waals surface area (Å²) in [7, 11) is 0. The summed E-state index contributed by atoms with van der Waals surface area (Å²) in [6.45, 7) is 0. The molecule has 1 fully saturated rings. The van der Waals surface area contributed by atoms with Gasteiger partial charge >= 0.3 is 0 Å². The number of para-hydroxylation sites is 1. The number of hydrazine groups is 1. The molecule has 2 aromatic rings. The minimum absolute atomic E-state index is 0.203. The van der Waals surface area contributed by atoms with E-state index in [1.165, 1.54) is 29.5 Å². The molecule has 1 aliphatic rings. The Kier molecular flexibility index (Phi) is 3.50. The van der Waals surface area contributed by atoms with E-state index in [2.05, 4.69) is 22.5 Å². The highest BCUT2D eigenvalue weighted by atomic mass is 32.2. The van der Waals surface area contributed by atoms with Crippen molar-refractivity contribution in [3.05, 3.63) is 42.1 Å². The molecule has 3 N–H and O–H groups in total. The highest BCUT2D eigenvalue weighted by molar-refractivity contribution is 8.00. The van der Waals surface area contributed by atoms with Gasteiger partial charge in [-0.05, 0) is 36.3 Å². The number of nitrogens with one attached hydrogen (secondary N) is 1. The van der Waals surface area contributed by atoms with E-state index in [1.807, 2.05) is 36.2 Å². The molecule has 0 saturated carbocycles. The van der Waals surface area contributed by atoms with Gasteiger partial charge in [0.15, 0.2) is 0 Å². The molecule has 3 nitrogen and oxygen atoms in total. The largest absolute Gasteiger partial charge is 0.271 e. The van der Waals surface area contributed by atoms with Gasteiger partial charge in [0.1, 0.15) is 0 Å². The quantitative estimate of drug-likeness (QED) is 0.657. The number of thioether (sulfide) groups is 1. The Morgan fingerprint density at radius 1 is 1.39 bits per heavy atom. The molecule has 0 spiro atoms. The molecule has 18 heavy (non-hydrogen) atoms. The maximum absolute atomic E-state index is 5.74. The van der Waals surface area contributed by atoms with Crippen molar-refractivity contribution in [2.45, 2.75) is 24.1 Å². The number of fused-ring (bicyclic) bond motifs is 1. The van der Waals surface area contributed by atoms with Gasteiger partial charge in [0.25, 0.3) is 0 Å².